The van der Waals surface area contributed by atoms with Crippen LogP contribution in [0.3, 0.4) is 0 Å². The highest BCUT2D eigenvalue weighted by molar-refractivity contribution is 7.80. The number of unbranched alkanes of at least 4 members (excludes halogenated alkanes) is 2. The molecule has 2 heterocycles. The summed E-state index contributed by atoms with van der Waals surface area (Å²) in [6, 6.07) is -10.7. The Morgan fingerprint density at radius 2 is 1.03 bits per heavy atom. The number of carbonyl (C=O) groups is 16. The second kappa shape index (κ2) is 44.9. The molecule has 1 aromatic heterocycles. The fraction of sp³-hybridized carbons (Fsp3) is 0.642. The van der Waals surface area contributed by atoms with E-state index in [-0.39, 0.29) is 102 Å². The molecule has 0 spiro atoms. The Bertz CT molecular complexity index is 3320. The summed E-state index contributed by atoms with van der Waals surface area (Å²) in [5, 5.41) is 55.1. The first kappa shape index (κ1) is 88.7. The van der Waals surface area contributed by atoms with Gasteiger partial charge in [-0.15, -0.1) is 0 Å². The Morgan fingerprint density at radius 1 is 0.548 bits per heavy atom. The molecule has 580 valence electrons. The van der Waals surface area contributed by atoms with Crippen LogP contribution in [-0.2, 0) is 83.1 Å². The van der Waals surface area contributed by atoms with Crippen LogP contribution in [0.2, 0.25) is 0 Å². The molecule has 13 atom stereocenters. The minimum atomic E-state index is -1.85. The van der Waals surface area contributed by atoms with Crippen LogP contribution in [0.25, 0.3) is 10.9 Å². The number of carboxylic acids is 3. The molecular weight excluding hydrogens is 1380 g/mol. The van der Waals surface area contributed by atoms with Gasteiger partial charge < -0.3 is 107 Å². The van der Waals surface area contributed by atoms with E-state index in [1.807, 2.05) is 0 Å². The van der Waals surface area contributed by atoms with E-state index in [9.17, 15) is 86.9 Å². The number of hydrogen-bond acceptors (Lipinski definition) is 20. The van der Waals surface area contributed by atoms with Crippen molar-refractivity contribution >= 4 is 118 Å². The fourth-order valence-electron chi connectivity index (χ4n) is 11.4. The molecule has 37 heteroatoms. The average Bonchev–Trinajstić information content (AvgIpc) is 1.58. The number of nitrogens with two attached hydrogens (primary N) is 5. The van der Waals surface area contributed by atoms with Crippen LogP contribution in [-0.4, -0.2) is 218 Å². The summed E-state index contributed by atoms with van der Waals surface area (Å²) in [6.07, 6.45) is -0.600. The van der Waals surface area contributed by atoms with Gasteiger partial charge in [-0.3, -0.25) is 71.9 Å². The first-order chi connectivity index (χ1) is 49.1. The van der Waals surface area contributed by atoms with Crippen molar-refractivity contribution in [2.45, 2.75) is 230 Å². The molecule has 2 aromatic rings. The first-order valence-corrected chi connectivity index (χ1v) is 35.6. The topological polar surface area (TPSA) is 603 Å². The number of hydrogen-bond donors (Lipinski definition) is 20. The number of fused-ring (bicyclic) bond motifs is 1. The highest BCUT2D eigenvalue weighted by atomic mass is 32.1. The van der Waals surface area contributed by atoms with Crippen LogP contribution in [0, 0.1) is 17.8 Å². The number of amides is 13. The summed E-state index contributed by atoms with van der Waals surface area (Å²) in [6.45, 7) is 10.1. The number of thiol groups is 1. The summed E-state index contributed by atoms with van der Waals surface area (Å²) < 4.78 is 0. The number of para-hydroxylation sites is 1. The van der Waals surface area contributed by atoms with E-state index in [1.54, 1.807) is 72.0 Å². The molecule has 104 heavy (non-hydrogen) atoms. The number of likely N-dealkylation sites (tertiary alicyclic amines) is 1. The monoisotopic (exact) mass is 1490 g/mol. The van der Waals surface area contributed by atoms with Crippen LogP contribution in [0.4, 0.5) is 0 Å². The largest absolute Gasteiger partial charge is 0.481 e. The van der Waals surface area contributed by atoms with Gasteiger partial charge in [0.05, 0.1) is 12.5 Å². The van der Waals surface area contributed by atoms with Gasteiger partial charge >= 0.3 is 17.9 Å². The third-order valence-electron chi connectivity index (χ3n) is 17.5. The SMILES string of the molecule is CC[C@H](C)[C@H](NC(=O)[C@@H](N)CCC(=O)O)C(=O)N[C@@H](CS)C(=O)N[C@@H](CC(C)C)C(=O)N[C@@H](CC(=O)O)C(=O)N1CCC[C@H]1C(=O)N[C@@H](CCCCN)C(=O)N[C@@H](CCC(N)=O)C(=O)N[C@@H](CCCCN)C(=O)N[C@@H](Cc1c[nH]c2ccccc12)C(=O)N[C@H](C(=O)N[C@@H](CCC(N)=O)C(=O)O)C(C)C. The van der Waals surface area contributed by atoms with Gasteiger partial charge in [-0.1, -0.05) is 66.2 Å². The minimum absolute atomic E-state index is 0.0213. The van der Waals surface area contributed by atoms with Crippen LogP contribution in [0.1, 0.15) is 156 Å². The number of primary amides is 2. The molecule has 0 saturated carbocycles. The molecular formula is C67H107N17O19S. The molecule has 13 amide bonds. The van der Waals surface area contributed by atoms with Crippen molar-refractivity contribution in [3.8, 4) is 0 Å². The van der Waals surface area contributed by atoms with Crippen molar-refractivity contribution in [3.63, 3.8) is 0 Å². The molecule has 1 aromatic carbocycles. The van der Waals surface area contributed by atoms with Crippen molar-refractivity contribution in [3.05, 3.63) is 36.0 Å². The number of rotatable bonds is 49. The zero-order valence-corrected chi connectivity index (χ0v) is 60.7. The van der Waals surface area contributed by atoms with Crippen LogP contribution >= 0.6 is 12.6 Å². The van der Waals surface area contributed by atoms with E-state index >= 15 is 0 Å². The molecule has 36 nitrogen and oxygen atoms in total. The van der Waals surface area contributed by atoms with Gasteiger partial charge in [-0.25, -0.2) is 4.79 Å². The Hall–Kier alpha value is -9.49. The molecule has 0 radical (unpaired) electrons. The number of nitrogens with one attached hydrogen (secondary N) is 11. The zero-order chi connectivity index (χ0) is 78.1. The van der Waals surface area contributed by atoms with Crippen LogP contribution in [0.5, 0.6) is 0 Å². The smallest absolute Gasteiger partial charge is 0.326 e. The summed E-state index contributed by atoms with van der Waals surface area (Å²) in [5.74, 6) is -18.1. The molecule has 0 aliphatic carbocycles. The zero-order valence-electron chi connectivity index (χ0n) is 59.8. The van der Waals surface area contributed by atoms with E-state index in [0.717, 1.165) is 4.90 Å². The molecule has 0 bridgehead atoms. The van der Waals surface area contributed by atoms with Crippen molar-refractivity contribution in [2.24, 2.45) is 46.4 Å². The molecule has 1 aliphatic rings. The number of aromatic nitrogens is 1. The standard InChI is InChI=1S/C67H107N17O19S/c1-7-36(6)55(83-56(91)39(70)20-25-52(87)88)65(100)81-48(33-104)62(97)78-45(29-34(2)3)60(95)80-47(31-53(89)90)66(101)84-28-14-19-49(84)63(98)76-42(18-11-13-27-69)57(92)75-43(21-23-50(71)85)59(94)74-41(17-10-12-26-68)58(93)79-46(30-37-32-73-40-16-9-8-15-38(37)40)61(96)82-54(35(4)5)64(99)77-44(67(102)103)22-24-51(72)86/h8-9,15-16,32,34-36,39,41-49,54-55,73,104H,7,10-14,17-31,33,68-70H2,1-6H3,(H2,71,85)(H2,72,86)(H,74,94)(H,75,92)(H,76,98)(H,77,99)(H,78,97)(H,79,93)(H,80,95)(H,81,100)(H,82,96)(H,83,91)(H,87,88)(H,89,90)(H,102,103)/t36-,39-,41-,42-,43-,44-,45-,46-,47-,48-,49-,54-,55-/m0/s1. The Labute approximate surface area is 608 Å². The summed E-state index contributed by atoms with van der Waals surface area (Å²) >= 11 is 4.24. The number of nitrogens with zero attached hydrogens (tertiary/aromatic N) is 1. The Kier molecular flexibility index (Phi) is 38.3. The number of carboxylic acid groups (broad SMARTS) is 3. The van der Waals surface area contributed by atoms with Gasteiger partial charge in [0, 0.05) is 55.1 Å². The molecule has 1 fully saturated rings. The first-order valence-electron chi connectivity index (χ1n) is 35.0. The lowest BCUT2D eigenvalue weighted by Crippen LogP contribution is -2.61. The second-order valence-electron chi connectivity index (χ2n) is 26.7. The van der Waals surface area contributed by atoms with Gasteiger partial charge in [-0.2, -0.15) is 12.6 Å². The predicted octanol–water partition coefficient (Wildman–Crippen LogP) is -3.23. The molecule has 3 rings (SSSR count). The lowest BCUT2D eigenvalue weighted by Gasteiger charge is -2.31. The van der Waals surface area contributed by atoms with E-state index in [2.05, 4.69) is 70.8 Å². The van der Waals surface area contributed by atoms with Gasteiger partial charge in [0.1, 0.15) is 66.5 Å². The molecule has 1 saturated heterocycles. The van der Waals surface area contributed by atoms with E-state index in [0.29, 0.717) is 35.7 Å². The van der Waals surface area contributed by atoms with Crippen molar-refractivity contribution in [2.75, 3.05) is 25.4 Å². The number of aromatic amines is 1. The highest BCUT2D eigenvalue weighted by Gasteiger charge is 2.42. The minimum Gasteiger partial charge on any atom is -0.481 e. The van der Waals surface area contributed by atoms with Crippen LogP contribution < -0.4 is 81.8 Å². The van der Waals surface area contributed by atoms with E-state index < -0.39 is 205 Å². The molecule has 24 N–H and O–H groups in total. The molecule has 1 aliphatic heterocycles. The maximum absolute atomic E-state index is 14.7. The summed E-state index contributed by atoms with van der Waals surface area (Å²) in [7, 11) is 0. The van der Waals surface area contributed by atoms with E-state index in [1.165, 1.54) is 0 Å². The van der Waals surface area contributed by atoms with Gasteiger partial charge in [0.25, 0.3) is 0 Å². The third-order valence-corrected chi connectivity index (χ3v) is 17.9. The summed E-state index contributed by atoms with van der Waals surface area (Å²) in [5.41, 5.74) is 29.5. The maximum atomic E-state index is 14.7. The predicted molar refractivity (Wildman–Crippen MR) is 381 cm³/mol. The Balaban J connectivity index is 1.94. The fourth-order valence-corrected chi connectivity index (χ4v) is 11.7. The number of H-pyrrole nitrogens is 1. The number of carbonyl (C=O) groups excluding carboxylic acids is 13. The van der Waals surface area contributed by atoms with Crippen molar-refractivity contribution in [1.82, 2.24) is 63.1 Å². The normalized spacial score (nSPS) is 16.2. The highest BCUT2D eigenvalue weighted by Crippen LogP contribution is 2.23. The second-order valence-corrected chi connectivity index (χ2v) is 27.1. The molecule has 0 unspecified atom stereocenters. The van der Waals surface area contributed by atoms with Gasteiger partial charge in [-0.05, 0) is 120 Å². The lowest BCUT2D eigenvalue weighted by molar-refractivity contribution is -0.146. The van der Waals surface area contributed by atoms with Crippen LogP contribution in [0.15, 0.2) is 30.5 Å². The lowest BCUT2D eigenvalue weighted by atomic mass is 9.97. The number of aliphatic carboxylic acids is 3. The van der Waals surface area contributed by atoms with Crippen molar-refractivity contribution in [1.29, 1.82) is 0 Å². The number of benzene rings is 1. The summed E-state index contributed by atoms with van der Waals surface area (Å²) in [4.78, 5) is 220. The van der Waals surface area contributed by atoms with Gasteiger partial charge in [0.2, 0.25) is 76.8 Å². The van der Waals surface area contributed by atoms with Crippen molar-refractivity contribution < 1.29 is 92.0 Å². The average molecular weight is 1490 g/mol. The quantitative estimate of drug-likeness (QED) is 0.0229. The third kappa shape index (κ3) is 29.7. The Morgan fingerprint density at radius 3 is 1.56 bits per heavy atom. The maximum Gasteiger partial charge on any atom is 0.326 e. The van der Waals surface area contributed by atoms with E-state index in [4.69, 9.17) is 33.8 Å². The van der Waals surface area contributed by atoms with Gasteiger partial charge in [0.15, 0.2) is 0 Å².